The monoisotopic (exact) mass is 330 g/mol. The Morgan fingerprint density at radius 3 is 1.33 bits per heavy atom. The molecular formula is C18H18O6. The lowest BCUT2D eigenvalue weighted by molar-refractivity contribution is -0.132. The fourth-order valence-electron chi connectivity index (χ4n) is 2.33. The molecule has 0 amide bonds. The second-order valence-corrected chi connectivity index (χ2v) is 4.85. The molecule has 24 heavy (non-hydrogen) atoms. The maximum Gasteiger partial charge on any atom is 0.308 e. The van der Waals surface area contributed by atoms with Crippen molar-refractivity contribution in [3.8, 4) is 34.1 Å². The average Bonchev–Trinajstić information content (AvgIpc) is 2.53. The van der Waals surface area contributed by atoms with Gasteiger partial charge in [-0.05, 0) is 24.3 Å². The quantitative estimate of drug-likeness (QED) is 0.619. The molecular weight excluding hydrogens is 312 g/mol. The zero-order valence-corrected chi connectivity index (χ0v) is 13.9. The lowest BCUT2D eigenvalue weighted by Crippen LogP contribution is -2.07. The predicted molar refractivity (Wildman–Crippen MR) is 87.6 cm³/mol. The molecule has 0 heterocycles. The van der Waals surface area contributed by atoms with E-state index in [1.807, 2.05) is 0 Å². The van der Waals surface area contributed by atoms with Crippen LogP contribution < -0.4 is 18.9 Å². The van der Waals surface area contributed by atoms with Gasteiger partial charge in [-0.15, -0.1) is 0 Å². The van der Waals surface area contributed by atoms with Crippen LogP contribution in [-0.4, -0.2) is 26.2 Å². The molecule has 6 heteroatoms. The summed E-state index contributed by atoms with van der Waals surface area (Å²) in [7, 11) is 3.02. The maximum absolute atomic E-state index is 11.4. The molecule has 0 aliphatic carbocycles. The average molecular weight is 330 g/mol. The number of carbonyl (C=O) groups is 2. The van der Waals surface area contributed by atoms with Crippen LogP contribution in [0.1, 0.15) is 13.8 Å². The van der Waals surface area contributed by atoms with Gasteiger partial charge < -0.3 is 18.9 Å². The van der Waals surface area contributed by atoms with Crippen molar-refractivity contribution in [3.05, 3.63) is 36.4 Å². The standard InChI is InChI=1S/C18H18O6/c1-11(19)23-15-9-6-10-16(24-12(2)20)18(15)17-13(21-3)7-5-8-14(17)22-4/h5-10H,1-4H3. The molecule has 0 bridgehead atoms. The van der Waals surface area contributed by atoms with Gasteiger partial charge in [0, 0.05) is 13.8 Å². The molecule has 6 nitrogen and oxygen atoms in total. The molecule has 0 aliphatic heterocycles. The lowest BCUT2D eigenvalue weighted by Gasteiger charge is -2.18. The SMILES string of the molecule is COc1cccc(OC)c1-c1c(OC(C)=O)cccc1OC(C)=O. The van der Waals surface area contributed by atoms with Gasteiger partial charge in [-0.3, -0.25) is 9.59 Å². The molecule has 0 N–H and O–H groups in total. The first-order chi connectivity index (χ1) is 11.5. The fraction of sp³-hybridized carbons (Fsp3) is 0.222. The van der Waals surface area contributed by atoms with E-state index in [1.54, 1.807) is 36.4 Å². The van der Waals surface area contributed by atoms with Crippen LogP contribution in [0.5, 0.6) is 23.0 Å². The van der Waals surface area contributed by atoms with Crippen molar-refractivity contribution in [3.63, 3.8) is 0 Å². The van der Waals surface area contributed by atoms with Crippen molar-refractivity contribution in [2.24, 2.45) is 0 Å². The summed E-state index contributed by atoms with van der Waals surface area (Å²) in [4.78, 5) is 22.9. The van der Waals surface area contributed by atoms with E-state index in [4.69, 9.17) is 18.9 Å². The minimum absolute atomic E-state index is 0.240. The Bertz CT molecular complexity index is 710. The van der Waals surface area contributed by atoms with Crippen molar-refractivity contribution in [2.45, 2.75) is 13.8 Å². The predicted octanol–water partition coefficient (Wildman–Crippen LogP) is 3.22. The lowest BCUT2D eigenvalue weighted by atomic mass is 10.0. The highest BCUT2D eigenvalue weighted by molar-refractivity contribution is 5.88. The Hall–Kier alpha value is -3.02. The topological polar surface area (TPSA) is 71.1 Å². The van der Waals surface area contributed by atoms with Gasteiger partial charge in [0.15, 0.2) is 0 Å². The summed E-state index contributed by atoms with van der Waals surface area (Å²) >= 11 is 0. The molecule has 2 rings (SSSR count). The number of methoxy groups -OCH3 is 2. The second kappa shape index (κ2) is 7.50. The summed E-state index contributed by atoms with van der Waals surface area (Å²) in [5, 5.41) is 0. The van der Waals surface area contributed by atoms with E-state index in [2.05, 4.69) is 0 Å². The van der Waals surface area contributed by atoms with E-state index in [-0.39, 0.29) is 11.5 Å². The van der Waals surface area contributed by atoms with E-state index in [1.165, 1.54) is 28.1 Å². The Morgan fingerprint density at radius 2 is 1.00 bits per heavy atom. The summed E-state index contributed by atoms with van der Waals surface area (Å²) in [5.74, 6) is 0.466. The van der Waals surface area contributed by atoms with Crippen LogP contribution in [0.4, 0.5) is 0 Å². The van der Waals surface area contributed by atoms with E-state index in [0.29, 0.717) is 22.6 Å². The van der Waals surface area contributed by atoms with E-state index in [0.717, 1.165) is 0 Å². The highest BCUT2D eigenvalue weighted by Crippen LogP contribution is 2.47. The Balaban J connectivity index is 2.80. The highest BCUT2D eigenvalue weighted by Gasteiger charge is 2.23. The Labute approximate surface area is 139 Å². The van der Waals surface area contributed by atoms with Gasteiger partial charge in [0.1, 0.15) is 23.0 Å². The summed E-state index contributed by atoms with van der Waals surface area (Å²) in [6, 6.07) is 10.1. The fourth-order valence-corrected chi connectivity index (χ4v) is 2.33. The maximum atomic E-state index is 11.4. The Morgan fingerprint density at radius 1 is 0.667 bits per heavy atom. The number of benzene rings is 2. The first-order valence-electron chi connectivity index (χ1n) is 7.19. The molecule has 0 aromatic heterocycles. The van der Waals surface area contributed by atoms with Crippen LogP contribution in [0.2, 0.25) is 0 Å². The smallest absolute Gasteiger partial charge is 0.308 e. The third kappa shape index (κ3) is 3.65. The van der Waals surface area contributed by atoms with Crippen LogP contribution in [0.3, 0.4) is 0 Å². The van der Waals surface area contributed by atoms with Crippen molar-refractivity contribution in [2.75, 3.05) is 14.2 Å². The van der Waals surface area contributed by atoms with Crippen LogP contribution in [0.25, 0.3) is 11.1 Å². The molecule has 2 aromatic rings. The number of rotatable bonds is 5. The van der Waals surface area contributed by atoms with Gasteiger partial charge in [0.25, 0.3) is 0 Å². The normalized spacial score (nSPS) is 10.0. The molecule has 0 fully saturated rings. The van der Waals surface area contributed by atoms with Gasteiger partial charge in [0.2, 0.25) is 0 Å². The summed E-state index contributed by atoms with van der Waals surface area (Å²) < 4.78 is 21.4. The van der Waals surface area contributed by atoms with Crippen LogP contribution in [0, 0.1) is 0 Å². The molecule has 0 spiro atoms. The zero-order valence-electron chi connectivity index (χ0n) is 13.9. The first-order valence-corrected chi connectivity index (χ1v) is 7.19. The van der Waals surface area contributed by atoms with Crippen LogP contribution in [0.15, 0.2) is 36.4 Å². The van der Waals surface area contributed by atoms with Crippen LogP contribution in [-0.2, 0) is 9.59 Å². The minimum atomic E-state index is -0.495. The van der Waals surface area contributed by atoms with Crippen molar-refractivity contribution >= 4 is 11.9 Å². The molecule has 0 atom stereocenters. The number of carbonyl (C=O) groups excluding carboxylic acids is 2. The largest absolute Gasteiger partial charge is 0.496 e. The number of ether oxygens (including phenoxy) is 4. The second-order valence-electron chi connectivity index (χ2n) is 4.85. The van der Waals surface area contributed by atoms with E-state index < -0.39 is 11.9 Å². The van der Waals surface area contributed by atoms with E-state index >= 15 is 0 Å². The molecule has 2 aromatic carbocycles. The van der Waals surface area contributed by atoms with Gasteiger partial charge in [-0.2, -0.15) is 0 Å². The molecule has 126 valence electrons. The number of hydrogen-bond acceptors (Lipinski definition) is 6. The molecule has 0 radical (unpaired) electrons. The van der Waals surface area contributed by atoms with Gasteiger partial charge in [-0.25, -0.2) is 0 Å². The van der Waals surface area contributed by atoms with Crippen molar-refractivity contribution in [1.29, 1.82) is 0 Å². The molecule has 0 aliphatic rings. The summed E-state index contributed by atoms with van der Waals surface area (Å²) in [6.45, 7) is 2.59. The number of hydrogen-bond donors (Lipinski definition) is 0. The third-order valence-electron chi connectivity index (χ3n) is 3.17. The molecule has 0 saturated heterocycles. The molecule has 0 unspecified atom stereocenters. The van der Waals surface area contributed by atoms with E-state index in [9.17, 15) is 9.59 Å². The summed E-state index contributed by atoms with van der Waals surface area (Å²) in [6.07, 6.45) is 0. The zero-order chi connectivity index (χ0) is 17.7. The van der Waals surface area contributed by atoms with Gasteiger partial charge >= 0.3 is 11.9 Å². The van der Waals surface area contributed by atoms with Crippen molar-refractivity contribution < 1.29 is 28.5 Å². The summed E-state index contributed by atoms with van der Waals surface area (Å²) in [5.41, 5.74) is 0.924. The minimum Gasteiger partial charge on any atom is -0.496 e. The van der Waals surface area contributed by atoms with Gasteiger partial charge in [-0.1, -0.05) is 12.1 Å². The van der Waals surface area contributed by atoms with Gasteiger partial charge in [0.05, 0.1) is 25.3 Å². The molecule has 0 saturated carbocycles. The highest BCUT2D eigenvalue weighted by atomic mass is 16.5. The van der Waals surface area contributed by atoms with Crippen molar-refractivity contribution in [1.82, 2.24) is 0 Å². The van der Waals surface area contributed by atoms with Crippen LogP contribution >= 0.6 is 0 Å². The Kier molecular flexibility index (Phi) is 5.42. The third-order valence-corrected chi connectivity index (χ3v) is 3.17. The first kappa shape index (κ1) is 17.3. The number of esters is 2.